The van der Waals surface area contributed by atoms with Gasteiger partial charge in [0.15, 0.2) is 0 Å². The van der Waals surface area contributed by atoms with E-state index in [2.05, 4.69) is 19.2 Å². The standard InChI is InChI=1S/C31H38ClN3O4S/c1-22(2)25-14-18-27(19-15-25)35(40(38,39)28-10-8-7-9-11-28)21-29(36)34(20-24-12-16-26(32)17-13-24)23(3)30(37)33-31(4,5)6/h7-19,22-23H,20-21H2,1-6H3,(H,33,37)/t23-/m0/s1. The monoisotopic (exact) mass is 583 g/mol. The molecule has 1 atom stereocenters. The fraction of sp³-hybridized carbons (Fsp3) is 0.355. The van der Waals surface area contributed by atoms with Gasteiger partial charge in [-0.25, -0.2) is 8.42 Å². The highest BCUT2D eigenvalue weighted by molar-refractivity contribution is 7.92. The van der Waals surface area contributed by atoms with E-state index in [1.165, 1.54) is 17.0 Å². The molecule has 214 valence electrons. The average molecular weight is 584 g/mol. The first kappa shape index (κ1) is 31.2. The summed E-state index contributed by atoms with van der Waals surface area (Å²) in [7, 11) is -4.10. The summed E-state index contributed by atoms with van der Waals surface area (Å²) in [6.07, 6.45) is 0. The summed E-state index contributed by atoms with van der Waals surface area (Å²) in [6, 6.07) is 21.3. The van der Waals surface area contributed by atoms with Crippen LogP contribution in [0, 0.1) is 0 Å². The number of halogens is 1. The second kappa shape index (κ2) is 12.9. The molecule has 0 saturated carbocycles. The highest BCUT2D eigenvalue weighted by Crippen LogP contribution is 2.27. The zero-order valence-corrected chi connectivity index (χ0v) is 25.5. The second-order valence-corrected chi connectivity index (χ2v) is 13.4. The number of sulfonamides is 1. The van der Waals surface area contributed by atoms with E-state index in [1.807, 2.05) is 32.9 Å². The highest BCUT2D eigenvalue weighted by Gasteiger charge is 2.33. The molecule has 40 heavy (non-hydrogen) atoms. The van der Waals surface area contributed by atoms with Crippen molar-refractivity contribution in [1.29, 1.82) is 0 Å². The van der Waals surface area contributed by atoms with Crippen molar-refractivity contribution in [1.82, 2.24) is 10.2 Å². The number of amides is 2. The van der Waals surface area contributed by atoms with Crippen molar-refractivity contribution < 1.29 is 18.0 Å². The molecule has 0 fully saturated rings. The zero-order valence-electron chi connectivity index (χ0n) is 23.9. The molecule has 0 heterocycles. The molecule has 3 aromatic rings. The first-order valence-corrected chi connectivity index (χ1v) is 15.0. The highest BCUT2D eigenvalue weighted by atomic mass is 35.5. The Morgan fingerprint density at radius 1 is 0.875 bits per heavy atom. The predicted molar refractivity (Wildman–Crippen MR) is 161 cm³/mol. The Bertz CT molecular complexity index is 1400. The second-order valence-electron chi connectivity index (χ2n) is 11.1. The quantitative estimate of drug-likeness (QED) is 0.317. The lowest BCUT2D eigenvalue weighted by atomic mass is 10.0. The number of anilines is 1. The van der Waals surface area contributed by atoms with Gasteiger partial charge < -0.3 is 10.2 Å². The predicted octanol–water partition coefficient (Wildman–Crippen LogP) is 5.99. The smallest absolute Gasteiger partial charge is 0.264 e. The largest absolute Gasteiger partial charge is 0.350 e. The summed E-state index contributed by atoms with van der Waals surface area (Å²) in [5.74, 6) is -0.598. The summed E-state index contributed by atoms with van der Waals surface area (Å²) in [5.41, 5.74) is 1.65. The van der Waals surface area contributed by atoms with Gasteiger partial charge in [0.05, 0.1) is 10.6 Å². The van der Waals surface area contributed by atoms with E-state index in [1.54, 1.807) is 61.5 Å². The maximum Gasteiger partial charge on any atom is 0.264 e. The van der Waals surface area contributed by atoms with Gasteiger partial charge in [-0.3, -0.25) is 13.9 Å². The Hall–Kier alpha value is -3.36. The number of benzene rings is 3. The van der Waals surface area contributed by atoms with E-state index >= 15 is 0 Å². The van der Waals surface area contributed by atoms with Gasteiger partial charge in [-0.2, -0.15) is 0 Å². The first-order valence-electron chi connectivity index (χ1n) is 13.2. The van der Waals surface area contributed by atoms with Crippen LogP contribution >= 0.6 is 11.6 Å². The molecule has 1 N–H and O–H groups in total. The number of hydrogen-bond acceptors (Lipinski definition) is 4. The van der Waals surface area contributed by atoms with E-state index < -0.39 is 34.1 Å². The number of nitrogens with zero attached hydrogens (tertiary/aromatic N) is 2. The van der Waals surface area contributed by atoms with Crippen LogP contribution in [0.2, 0.25) is 5.02 Å². The van der Waals surface area contributed by atoms with Crippen molar-refractivity contribution in [3.63, 3.8) is 0 Å². The van der Waals surface area contributed by atoms with Gasteiger partial charge in [0.25, 0.3) is 10.0 Å². The van der Waals surface area contributed by atoms with Crippen molar-refractivity contribution in [2.75, 3.05) is 10.8 Å². The Balaban J connectivity index is 2.03. The summed E-state index contributed by atoms with van der Waals surface area (Å²) in [4.78, 5) is 28.6. The van der Waals surface area contributed by atoms with Crippen molar-refractivity contribution in [2.24, 2.45) is 0 Å². The van der Waals surface area contributed by atoms with Gasteiger partial charge >= 0.3 is 0 Å². The average Bonchev–Trinajstić information content (AvgIpc) is 2.90. The molecule has 0 unspecified atom stereocenters. The van der Waals surface area contributed by atoms with Gasteiger partial charge in [-0.05, 0) is 81.1 Å². The topological polar surface area (TPSA) is 86.8 Å². The van der Waals surface area contributed by atoms with E-state index in [4.69, 9.17) is 11.6 Å². The lowest BCUT2D eigenvalue weighted by Crippen LogP contribution is -2.54. The van der Waals surface area contributed by atoms with Crippen LogP contribution in [0.3, 0.4) is 0 Å². The molecule has 0 aliphatic heterocycles. The molecule has 9 heteroatoms. The minimum absolute atomic E-state index is 0.0681. The molecule has 7 nitrogen and oxygen atoms in total. The number of carbonyl (C=O) groups excluding carboxylic acids is 2. The molecule has 0 aromatic heterocycles. The zero-order chi connectivity index (χ0) is 29.7. The molecule has 0 spiro atoms. The minimum Gasteiger partial charge on any atom is -0.350 e. The molecular formula is C31H38ClN3O4S. The third-order valence-electron chi connectivity index (χ3n) is 6.39. The lowest BCUT2D eigenvalue weighted by Gasteiger charge is -2.33. The van der Waals surface area contributed by atoms with Crippen LogP contribution in [0.4, 0.5) is 5.69 Å². The summed E-state index contributed by atoms with van der Waals surface area (Å²) in [6.45, 7) is 10.9. The Kier molecular flexibility index (Phi) is 10.0. The van der Waals surface area contributed by atoms with Crippen molar-refractivity contribution in [3.05, 3.63) is 95.0 Å². The minimum atomic E-state index is -4.10. The van der Waals surface area contributed by atoms with Crippen LogP contribution in [0.1, 0.15) is 58.6 Å². The Morgan fingerprint density at radius 3 is 1.98 bits per heavy atom. The third-order valence-corrected chi connectivity index (χ3v) is 8.43. The fourth-order valence-electron chi connectivity index (χ4n) is 4.12. The van der Waals surface area contributed by atoms with E-state index in [0.29, 0.717) is 10.7 Å². The van der Waals surface area contributed by atoms with E-state index in [9.17, 15) is 18.0 Å². The molecule has 0 bridgehead atoms. The molecule has 3 rings (SSSR count). The van der Waals surface area contributed by atoms with Gasteiger partial charge in [0, 0.05) is 17.1 Å². The molecule has 3 aromatic carbocycles. The Morgan fingerprint density at radius 2 is 1.45 bits per heavy atom. The number of rotatable bonds is 10. The Labute approximate surface area is 243 Å². The molecular weight excluding hydrogens is 546 g/mol. The summed E-state index contributed by atoms with van der Waals surface area (Å²) >= 11 is 6.05. The SMILES string of the molecule is CC(C)c1ccc(N(CC(=O)N(Cc2ccc(Cl)cc2)[C@@H](C)C(=O)NC(C)(C)C)S(=O)(=O)c2ccccc2)cc1. The van der Waals surface area contributed by atoms with Crippen LogP contribution in [0.5, 0.6) is 0 Å². The molecule has 0 radical (unpaired) electrons. The van der Waals surface area contributed by atoms with Crippen molar-refractivity contribution in [3.8, 4) is 0 Å². The van der Waals surface area contributed by atoms with Gasteiger partial charge in [0.1, 0.15) is 12.6 Å². The third kappa shape index (κ3) is 8.08. The number of carbonyl (C=O) groups is 2. The van der Waals surface area contributed by atoms with Crippen LogP contribution in [-0.2, 0) is 26.2 Å². The van der Waals surface area contributed by atoms with E-state index in [0.717, 1.165) is 15.4 Å². The van der Waals surface area contributed by atoms with Gasteiger partial charge in [0.2, 0.25) is 11.8 Å². The van der Waals surface area contributed by atoms with Crippen LogP contribution in [0.15, 0.2) is 83.8 Å². The van der Waals surface area contributed by atoms with Crippen LogP contribution < -0.4 is 9.62 Å². The summed E-state index contributed by atoms with van der Waals surface area (Å²) in [5, 5.41) is 3.47. The lowest BCUT2D eigenvalue weighted by molar-refractivity contribution is -0.140. The first-order chi connectivity index (χ1) is 18.7. The summed E-state index contributed by atoms with van der Waals surface area (Å²) < 4.78 is 28.8. The maximum atomic E-state index is 14.0. The molecule has 0 saturated heterocycles. The fourth-order valence-corrected chi connectivity index (χ4v) is 5.68. The van der Waals surface area contributed by atoms with Crippen molar-refractivity contribution in [2.45, 2.75) is 70.5 Å². The molecule has 0 aliphatic rings. The number of hydrogen-bond donors (Lipinski definition) is 1. The maximum absolute atomic E-state index is 14.0. The van der Waals surface area contributed by atoms with E-state index in [-0.39, 0.29) is 23.3 Å². The number of nitrogens with one attached hydrogen (secondary N) is 1. The van der Waals surface area contributed by atoms with Crippen LogP contribution in [0.25, 0.3) is 0 Å². The van der Waals surface area contributed by atoms with Gasteiger partial charge in [-0.15, -0.1) is 0 Å². The molecule has 0 aliphatic carbocycles. The van der Waals surface area contributed by atoms with Crippen molar-refractivity contribution >= 4 is 39.1 Å². The molecule has 2 amide bonds. The van der Waals surface area contributed by atoms with Crippen LogP contribution in [-0.4, -0.2) is 43.3 Å². The normalized spacial score (nSPS) is 12.6. The van der Waals surface area contributed by atoms with Gasteiger partial charge in [-0.1, -0.05) is 67.9 Å².